The van der Waals surface area contributed by atoms with Crippen LogP contribution in [0.4, 0.5) is 0 Å². The Kier molecular flexibility index (Phi) is 6.88. The van der Waals surface area contributed by atoms with Crippen molar-refractivity contribution in [1.82, 2.24) is 0 Å². The van der Waals surface area contributed by atoms with E-state index in [1.807, 2.05) is 42.5 Å². The number of ether oxygens (including phenoxy) is 2. The molecular formula is C19H20O4S. The Balaban J connectivity index is 2.15. The Hall–Kier alpha value is -2.27. The lowest BCUT2D eigenvalue weighted by Crippen LogP contribution is -2.09. The predicted molar refractivity (Wildman–Crippen MR) is 95.6 cm³/mol. The number of thioether (sulfide) groups is 1. The van der Waals surface area contributed by atoms with Gasteiger partial charge in [-0.2, -0.15) is 0 Å². The van der Waals surface area contributed by atoms with Gasteiger partial charge in [0, 0.05) is 17.2 Å². The molecule has 0 amide bonds. The Labute approximate surface area is 146 Å². The van der Waals surface area contributed by atoms with E-state index < -0.39 is 0 Å². The molecule has 0 heterocycles. The van der Waals surface area contributed by atoms with Crippen molar-refractivity contribution in [2.24, 2.45) is 0 Å². The standard InChI is InChI=1S/C19H20O4S/c1-22-16-10-8-15(9-11-16)18(24-13-19(21)23-2)12-17(20)14-6-4-3-5-7-14/h3-11,18H,12-13H2,1-2H3/t18-/m0/s1. The second kappa shape index (κ2) is 9.13. The zero-order valence-electron chi connectivity index (χ0n) is 13.7. The zero-order valence-corrected chi connectivity index (χ0v) is 14.5. The Morgan fingerprint density at radius 3 is 2.25 bits per heavy atom. The molecule has 5 heteroatoms. The summed E-state index contributed by atoms with van der Waals surface area (Å²) in [5.41, 5.74) is 1.66. The average molecular weight is 344 g/mol. The fourth-order valence-corrected chi connectivity index (χ4v) is 3.30. The van der Waals surface area contributed by atoms with Gasteiger partial charge >= 0.3 is 5.97 Å². The number of carbonyl (C=O) groups is 2. The first kappa shape index (κ1) is 18.1. The summed E-state index contributed by atoms with van der Waals surface area (Å²) in [4.78, 5) is 24.0. The molecule has 0 saturated heterocycles. The molecule has 2 rings (SSSR count). The van der Waals surface area contributed by atoms with Gasteiger partial charge in [-0.05, 0) is 17.7 Å². The van der Waals surface area contributed by atoms with E-state index in [1.54, 1.807) is 19.2 Å². The van der Waals surface area contributed by atoms with Crippen LogP contribution >= 0.6 is 11.8 Å². The monoisotopic (exact) mass is 344 g/mol. The van der Waals surface area contributed by atoms with Crippen LogP contribution in [0.15, 0.2) is 54.6 Å². The second-order valence-corrected chi connectivity index (χ2v) is 6.33. The van der Waals surface area contributed by atoms with Crippen molar-refractivity contribution >= 4 is 23.5 Å². The van der Waals surface area contributed by atoms with Gasteiger partial charge in [0.2, 0.25) is 0 Å². The average Bonchev–Trinajstić information content (AvgIpc) is 2.65. The minimum absolute atomic E-state index is 0.0498. The number of methoxy groups -OCH3 is 2. The molecule has 0 aliphatic heterocycles. The van der Waals surface area contributed by atoms with Gasteiger partial charge in [-0.1, -0.05) is 42.5 Å². The van der Waals surface area contributed by atoms with Gasteiger partial charge in [-0.25, -0.2) is 0 Å². The Bertz CT molecular complexity index is 668. The maximum Gasteiger partial charge on any atom is 0.315 e. The third-order valence-corrected chi connectivity index (χ3v) is 4.83. The fourth-order valence-electron chi connectivity index (χ4n) is 2.23. The normalized spacial score (nSPS) is 11.6. The molecule has 0 unspecified atom stereocenters. The summed E-state index contributed by atoms with van der Waals surface area (Å²) < 4.78 is 9.86. The first-order chi connectivity index (χ1) is 11.6. The fraction of sp³-hybridized carbons (Fsp3) is 0.263. The van der Waals surface area contributed by atoms with Crippen molar-refractivity contribution in [2.45, 2.75) is 11.7 Å². The minimum Gasteiger partial charge on any atom is -0.497 e. The van der Waals surface area contributed by atoms with Crippen LogP contribution < -0.4 is 4.74 Å². The SMILES string of the molecule is COC(=O)CS[C@@H](CC(=O)c1ccccc1)c1ccc(OC)cc1. The third kappa shape index (κ3) is 5.13. The van der Waals surface area contributed by atoms with E-state index in [9.17, 15) is 9.59 Å². The number of rotatable bonds is 8. The topological polar surface area (TPSA) is 52.6 Å². The van der Waals surface area contributed by atoms with Gasteiger partial charge in [0.15, 0.2) is 5.78 Å². The summed E-state index contributed by atoms with van der Waals surface area (Å²) in [5, 5.41) is -0.122. The summed E-state index contributed by atoms with van der Waals surface area (Å²) in [6.07, 6.45) is 0.317. The number of ketones is 1. The van der Waals surface area contributed by atoms with E-state index in [-0.39, 0.29) is 22.8 Å². The smallest absolute Gasteiger partial charge is 0.315 e. The zero-order chi connectivity index (χ0) is 17.4. The third-order valence-electron chi connectivity index (χ3n) is 3.58. The molecule has 0 bridgehead atoms. The van der Waals surface area contributed by atoms with E-state index in [2.05, 4.69) is 0 Å². The van der Waals surface area contributed by atoms with E-state index in [1.165, 1.54) is 18.9 Å². The van der Waals surface area contributed by atoms with Crippen LogP contribution in [-0.2, 0) is 9.53 Å². The lowest BCUT2D eigenvalue weighted by molar-refractivity contribution is -0.137. The number of hydrogen-bond acceptors (Lipinski definition) is 5. The Morgan fingerprint density at radius 2 is 1.67 bits per heavy atom. The van der Waals surface area contributed by atoms with Crippen molar-refractivity contribution in [3.63, 3.8) is 0 Å². The number of esters is 1. The van der Waals surface area contributed by atoms with Crippen LogP contribution in [0.1, 0.15) is 27.6 Å². The maximum absolute atomic E-state index is 12.5. The quantitative estimate of drug-likeness (QED) is 0.537. The Morgan fingerprint density at radius 1 is 1.00 bits per heavy atom. The highest BCUT2D eigenvalue weighted by Crippen LogP contribution is 2.34. The number of carbonyl (C=O) groups excluding carboxylic acids is 2. The first-order valence-electron chi connectivity index (χ1n) is 7.54. The molecule has 0 N–H and O–H groups in total. The van der Waals surface area contributed by atoms with Gasteiger partial charge in [-0.15, -0.1) is 11.8 Å². The molecule has 1 atom stereocenters. The van der Waals surface area contributed by atoms with Crippen LogP contribution in [0.3, 0.4) is 0 Å². The van der Waals surface area contributed by atoms with Crippen molar-refractivity contribution in [3.05, 3.63) is 65.7 Å². The molecule has 0 saturated carbocycles. The largest absolute Gasteiger partial charge is 0.497 e. The molecule has 2 aromatic carbocycles. The molecule has 24 heavy (non-hydrogen) atoms. The summed E-state index contributed by atoms with van der Waals surface area (Å²) in [6.45, 7) is 0. The van der Waals surface area contributed by atoms with Crippen LogP contribution in [0.25, 0.3) is 0 Å². The van der Waals surface area contributed by atoms with Crippen LogP contribution in [0.2, 0.25) is 0 Å². The lowest BCUT2D eigenvalue weighted by atomic mass is 10.0. The highest BCUT2D eigenvalue weighted by molar-refractivity contribution is 8.00. The van der Waals surface area contributed by atoms with E-state index in [0.717, 1.165) is 11.3 Å². The molecular weight excluding hydrogens is 324 g/mol. The van der Waals surface area contributed by atoms with Crippen molar-refractivity contribution in [3.8, 4) is 5.75 Å². The van der Waals surface area contributed by atoms with Gasteiger partial charge < -0.3 is 9.47 Å². The molecule has 0 aliphatic carbocycles. The number of benzene rings is 2. The predicted octanol–water partition coefficient (Wildman–Crippen LogP) is 3.92. The van der Waals surface area contributed by atoms with Crippen molar-refractivity contribution in [2.75, 3.05) is 20.0 Å². The van der Waals surface area contributed by atoms with Crippen LogP contribution in [0, 0.1) is 0 Å². The van der Waals surface area contributed by atoms with Crippen molar-refractivity contribution in [1.29, 1.82) is 0 Å². The molecule has 4 nitrogen and oxygen atoms in total. The van der Waals surface area contributed by atoms with Gasteiger partial charge in [0.05, 0.1) is 20.0 Å². The molecule has 2 aromatic rings. The summed E-state index contributed by atoms with van der Waals surface area (Å²) in [7, 11) is 2.97. The summed E-state index contributed by atoms with van der Waals surface area (Å²) in [5.74, 6) is 0.708. The number of Topliss-reactive ketones (excluding diaryl/α,β-unsaturated/α-hetero) is 1. The van der Waals surface area contributed by atoms with E-state index in [0.29, 0.717) is 12.0 Å². The van der Waals surface area contributed by atoms with Crippen LogP contribution in [0.5, 0.6) is 5.75 Å². The van der Waals surface area contributed by atoms with Gasteiger partial charge in [0.1, 0.15) is 5.75 Å². The number of hydrogen-bond donors (Lipinski definition) is 0. The molecule has 0 spiro atoms. The lowest BCUT2D eigenvalue weighted by Gasteiger charge is -2.16. The van der Waals surface area contributed by atoms with Gasteiger partial charge in [-0.3, -0.25) is 9.59 Å². The molecule has 0 aromatic heterocycles. The van der Waals surface area contributed by atoms with Gasteiger partial charge in [0.25, 0.3) is 0 Å². The molecule has 126 valence electrons. The van der Waals surface area contributed by atoms with Crippen LogP contribution in [-0.4, -0.2) is 31.7 Å². The summed E-state index contributed by atoms with van der Waals surface area (Å²) >= 11 is 1.41. The van der Waals surface area contributed by atoms with E-state index in [4.69, 9.17) is 9.47 Å². The first-order valence-corrected chi connectivity index (χ1v) is 8.59. The second-order valence-electron chi connectivity index (χ2n) is 5.14. The molecule has 0 aliphatic rings. The highest BCUT2D eigenvalue weighted by Gasteiger charge is 2.19. The van der Waals surface area contributed by atoms with Crippen molar-refractivity contribution < 1.29 is 19.1 Å². The molecule has 0 radical (unpaired) electrons. The summed E-state index contributed by atoms with van der Waals surface area (Å²) in [6, 6.07) is 16.7. The maximum atomic E-state index is 12.5. The van der Waals surface area contributed by atoms with E-state index >= 15 is 0 Å². The minimum atomic E-state index is -0.300. The molecule has 0 fully saturated rings. The highest BCUT2D eigenvalue weighted by atomic mass is 32.2.